The molecular formula is C7H9NO3S. The topological polar surface area (TPSA) is 46.6 Å². The second-order valence-corrected chi connectivity index (χ2v) is 3.99. The van der Waals surface area contributed by atoms with Crippen molar-refractivity contribution in [2.75, 3.05) is 11.5 Å². The van der Waals surface area contributed by atoms with Crippen molar-refractivity contribution in [3.8, 4) is 0 Å². The minimum absolute atomic E-state index is 0.0139. The molecule has 2 heterocycles. The Labute approximate surface area is 74.2 Å². The largest absolute Gasteiger partial charge is 0.443 e. The Bertz CT molecular complexity index is 243. The Hall–Kier alpha value is -0.710. The molecule has 0 aromatic heterocycles. The first kappa shape index (κ1) is 7.91. The van der Waals surface area contributed by atoms with Gasteiger partial charge in [-0.15, -0.1) is 0 Å². The zero-order valence-electron chi connectivity index (χ0n) is 6.65. The lowest BCUT2D eigenvalue weighted by Gasteiger charge is -2.14. The monoisotopic (exact) mass is 187 g/mol. The molecule has 0 N–H and O–H groups in total. The van der Waals surface area contributed by atoms with Crippen LogP contribution in [-0.4, -0.2) is 40.6 Å². The molecule has 12 heavy (non-hydrogen) atoms. The minimum atomic E-state index is -0.474. The van der Waals surface area contributed by atoms with E-state index < -0.39 is 6.09 Å². The number of thioether (sulfide) groups is 1. The van der Waals surface area contributed by atoms with Gasteiger partial charge in [0.25, 0.3) is 0 Å². The molecule has 0 aromatic carbocycles. The summed E-state index contributed by atoms with van der Waals surface area (Å²) >= 11 is 1.72. The molecule has 2 amide bonds. The normalized spacial score (nSPS) is 33.4. The van der Waals surface area contributed by atoms with Gasteiger partial charge >= 0.3 is 6.09 Å². The summed E-state index contributed by atoms with van der Waals surface area (Å²) in [4.78, 5) is 23.3. The van der Waals surface area contributed by atoms with E-state index in [1.807, 2.05) is 0 Å². The minimum Gasteiger partial charge on any atom is -0.443 e. The van der Waals surface area contributed by atoms with Crippen molar-refractivity contribution in [2.24, 2.45) is 0 Å². The third-order valence-electron chi connectivity index (χ3n) is 2.12. The van der Waals surface area contributed by atoms with Crippen molar-refractivity contribution in [2.45, 2.75) is 19.1 Å². The highest BCUT2D eigenvalue weighted by molar-refractivity contribution is 7.99. The molecule has 0 aromatic rings. The Kier molecular flexibility index (Phi) is 1.75. The molecule has 2 unspecified atom stereocenters. The molecule has 0 saturated carbocycles. The van der Waals surface area contributed by atoms with Gasteiger partial charge in [-0.25, -0.2) is 9.69 Å². The van der Waals surface area contributed by atoms with Gasteiger partial charge in [-0.2, -0.15) is 11.8 Å². The van der Waals surface area contributed by atoms with Gasteiger partial charge in [0.05, 0.1) is 6.04 Å². The molecule has 2 aliphatic rings. The molecule has 2 aliphatic heterocycles. The van der Waals surface area contributed by atoms with Crippen LogP contribution in [0.2, 0.25) is 0 Å². The number of ether oxygens (including phenoxy) is 1. The molecular weight excluding hydrogens is 178 g/mol. The predicted octanol–water partition coefficient (Wildman–Crippen LogP) is 0.469. The smallest absolute Gasteiger partial charge is 0.417 e. The van der Waals surface area contributed by atoms with Gasteiger partial charge in [-0.1, -0.05) is 0 Å². The highest BCUT2D eigenvalue weighted by Gasteiger charge is 2.46. The molecule has 4 nitrogen and oxygen atoms in total. The second-order valence-electron chi connectivity index (χ2n) is 2.92. The van der Waals surface area contributed by atoms with Crippen molar-refractivity contribution in [1.29, 1.82) is 0 Å². The van der Waals surface area contributed by atoms with E-state index in [4.69, 9.17) is 4.74 Å². The zero-order chi connectivity index (χ0) is 8.72. The number of carbonyl (C=O) groups is 2. The maximum absolute atomic E-state index is 11.1. The van der Waals surface area contributed by atoms with E-state index in [-0.39, 0.29) is 18.1 Å². The van der Waals surface area contributed by atoms with Crippen LogP contribution in [0.15, 0.2) is 0 Å². The third kappa shape index (κ3) is 0.998. The first-order valence-electron chi connectivity index (χ1n) is 3.78. The molecule has 0 spiro atoms. The van der Waals surface area contributed by atoms with Crippen molar-refractivity contribution in [3.63, 3.8) is 0 Å². The summed E-state index contributed by atoms with van der Waals surface area (Å²) in [6.45, 7) is 1.40. The highest BCUT2D eigenvalue weighted by atomic mass is 32.2. The summed E-state index contributed by atoms with van der Waals surface area (Å²) < 4.78 is 5.00. The van der Waals surface area contributed by atoms with Crippen LogP contribution in [0.5, 0.6) is 0 Å². The molecule has 0 radical (unpaired) electrons. The standard InChI is InChI=1S/C7H9NO3S/c1-4(9)8-5-2-12-3-6(5)11-7(8)10/h5-6H,2-3H2,1H3. The zero-order valence-corrected chi connectivity index (χ0v) is 7.47. The van der Waals surface area contributed by atoms with E-state index in [0.29, 0.717) is 0 Å². The number of fused-ring (bicyclic) bond motifs is 1. The van der Waals surface area contributed by atoms with Gasteiger partial charge in [-0.05, 0) is 0 Å². The first-order chi connectivity index (χ1) is 5.70. The number of hydrogen-bond donors (Lipinski definition) is 0. The van der Waals surface area contributed by atoms with Crippen molar-refractivity contribution in [3.05, 3.63) is 0 Å². The molecule has 2 saturated heterocycles. The number of imide groups is 1. The summed E-state index contributed by atoms with van der Waals surface area (Å²) in [7, 11) is 0. The van der Waals surface area contributed by atoms with Crippen LogP contribution >= 0.6 is 11.8 Å². The van der Waals surface area contributed by atoms with Crippen LogP contribution in [0.4, 0.5) is 4.79 Å². The summed E-state index contributed by atoms with van der Waals surface area (Å²) in [5, 5.41) is 0. The molecule has 0 bridgehead atoms. The van der Waals surface area contributed by atoms with Gasteiger partial charge < -0.3 is 4.74 Å². The average Bonchev–Trinajstić information content (AvgIpc) is 2.44. The average molecular weight is 187 g/mol. The summed E-state index contributed by atoms with van der Waals surface area (Å²) in [5.41, 5.74) is 0. The molecule has 2 fully saturated rings. The fourth-order valence-electron chi connectivity index (χ4n) is 1.56. The number of rotatable bonds is 0. The molecule has 2 atom stereocenters. The highest BCUT2D eigenvalue weighted by Crippen LogP contribution is 2.31. The van der Waals surface area contributed by atoms with E-state index in [2.05, 4.69) is 0 Å². The fraction of sp³-hybridized carbons (Fsp3) is 0.714. The predicted molar refractivity (Wildman–Crippen MR) is 43.9 cm³/mol. The number of carbonyl (C=O) groups excluding carboxylic acids is 2. The van der Waals surface area contributed by atoms with Gasteiger partial charge in [0.2, 0.25) is 5.91 Å². The maximum Gasteiger partial charge on any atom is 0.417 e. The maximum atomic E-state index is 11.1. The van der Waals surface area contributed by atoms with Crippen LogP contribution in [-0.2, 0) is 9.53 Å². The van der Waals surface area contributed by atoms with Crippen molar-refractivity contribution >= 4 is 23.8 Å². The molecule has 2 rings (SSSR count). The Morgan fingerprint density at radius 2 is 2.42 bits per heavy atom. The van der Waals surface area contributed by atoms with E-state index >= 15 is 0 Å². The lowest BCUT2D eigenvalue weighted by molar-refractivity contribution is -0.126. The summed E-state index contributed by atoms with van der Waals surface area (Å²) in [6, 6.07) is -0.0139. The third-order valence-corrected chi connectivity index (χ3v) is 3.26. The SMILES string of the molecule is CC(=O)N1C(=O)OC2CSCC21. The van der Waals surface area contributed by atoms with Gasteiger partial charge in [0, 0.05) is 18.4 Å². The quantitative estimate of drug-likeness (QED) is 0.553. The van der Waals surface area contributed by atoms with Crippen LogP contribution in [0.1, 0.15) is 6.92 Å². The lowest BCUT2D eigenvalue weighted by atomic mass is 10.2. The summed E-state index contributed by atoms with van der Waals surface area (Å²) in [6.07, 6.45) is -0.538. The lowest BCUT2D eigenvalue weighted by Crippen LogP contribution is -2.39. The Morgan fingerprint density at radius 3 is 3.08 bits per heavy atom. The first-order valence-corrected chi connectivity index (χ1v) is 4.94. The molecule has 66 valence electrons. The number of nitrogens with zero attached hydrogens (tertiary/aromatic N) is 1. The van der Waals surface area contributed by atoms with Gasteiger partial charge in [0.1, 0.15) is 6.10 Å². The Morgan fingerprint density at radius 1 is 1.67 bits per heavy atom. The second kappa shape index (κ2) is 2.65. The fourth-order valence-corrected chi connectivity index (χ4v) is 2.82. The van der Waals surface area contributed by atoms with E-state index in [0.717, 1.165) is 11.5 Å². The van der Waals surface area contributed by atoms with E-state index in [9.17, 15) is 9.59 Å². The molecule has 0 aliphatic carbocycles. The molecule has 5 heteroatoms. The van der Waals surface area contributed by atoms with Gasteiger partial charge in [0.15, 0.2) is 0 Å². The van der Waals surface area contributed by atoms with Crippen LogP contribution < -0.4 is 0 Å². The van der Waals surface area contributed by atoms with Crippen LogP contribution in [0.25, 0.3) is 0 Å². The van der Waals surface area contributed by atoms with Crippen LogP contribution in [0, 0.1) is 0 Å². The number of hydrogen-bond acceptors (Lipinski definition) is 4. The van der Waals surface area contributed by atoms with E-state index in [1.165, 1.54) is 11.8 Å². The van der Waals surface area contributed by atoms with Crippen LogP contribution in [0.3, 0.4) is 0 Å². The Balaban J connectivity index is 2.21. The van der Waals surface area contributed by atoms with E-state index in [1.54, 1.807) is 11.8 Å². The summed E-state index contributed by atoms with van der Waals surface area (Å²) in [5.74, 6) is 1.42. The van der Waals surface area contributed by atoms with Crippen molar-refractivity contribution < 1.29 is 14.3 Å². The van der Waals surface area contributed by atoms with Crippen molar-refractivity contribution in [1.82, 2.24) is 4.90 Å². The van der Waals surface area contributed by atoms with Gasteiger partial charge in [-0.3, -0.25) is 4.79 Å². The number of amides is 2.